The summed E-state index contributed by atoms with van der Waals surface area (Å²) in [4.78, 5) is 12.8. The van der Waals surface area contributed by atoms with Crippen molar-refractivity contribution in [3.8, 4) is 0 Å². The van der Waals surface area contributed by atoms with E-state index in [4.69, 9.17) is 16.7 Å². The van der Waals surface area contributed by atoms with E-state index in [1.165, 1.54) is 12.1 Å². The molecule has 0 bridgehead atoms. The number of hydrogen-bond donors (Lipinski definition) is 1. The Kier molecular flexibility index (Phi) is 4.13. The monoisotopic (exact) mass is 303 g/mol. The molecule has 0 radical (unpaired) electrons. The fourth-order valence-corrected chi connectivity index (χ4v) is 3.47. The number of rotatable bonds is 3. The maximum Gasteiger partial charge on any atom is 0.335 e. The standard InChI is InChI=1S/C12H14ClNO4S/c13-11-7-9(12(15)16)1-2-10(11)8-14-3-5-19(17,18)6-4-14/h1-2,7H,3-6,8H2,(H,15,16). The molecule has 1 aliphatic heterocycles. The molecule has 2 rings (SSSR count). The number of aromatic carboxylic acids is 1. The summed E-state index contributed by atoms with van der Waals surface area (Å²) in [5, 5.41) is 9.24. The summed E-state index contributed by atoms with van der Waals surface area (Å²) in [5.41, 5.74) is 0.959. The molecule has 0 saturated carbocycles. The third kappa shape index (κ3) is 3.68. The SMILES string of the molecule is O=C(O)c1ccc(CN2CCS(=O)(=O)CC2)c(Cl)c1. The Hall–Kier alpha value is -1.11. The van der Waals surface area contributed by atoms with Crippen molar-refractivity contribution in [3.05, 3.63) is 34.3 Å². The Morgan fingerprint density at radius 1 is 1.32 bits per heavy atom. The van der Waals surface area contributed by atoms with E-state index < -0.39 is 15.8 Å². The highest BCUT2D eigenvalue weighted by Gasteiger charge is 2.22. The van der Waals surface area contributed by atoms with Gasteiger partial charge in [0.15, 0.2) is 9.84 Å². The summed E-state index contributed by atoms with van der Waals surface area (Å²) in [6.07, 6.45) is 0. The van der Waals surface area contributed by atoms with Gasteiger partial charge in [0.2, 0.25) is 0 Å². The van der Waals surface area contributed by atoms with Crippen LogP contribution in [0.5, 0.6) is 0 Å². The van der Waals surface area contributed by atoms with E-state index in [-0.39, 0.29) is 17.1 Å². The first-order valence-corrected chi connectivity index (χ1v) is 8.02. The van der Waals surface area contributed by atoms with E-state index in [0.29, 0.717) is 24.7 Å². The minimum Gasteiger partial charge on any atom is -0.478 e. The van der Waals surface area contributed by atoms with Crippen LogP contribution in [-0.2, 0) is 16.4 Å². The molecular weight excluding hydrogens is 290 g/mol. The van der Waals surface area contributed by atoms with E-state index in [1.54, 1.807) is 6.07 Å². The first-order chi connectivity index (χ1) is 8.87. The summed E-state index contributed by atoms with van der Waals surface area (Å²) < 4.78 is 22.6. The Labute approximate surface area is 116 Å². The van der Waals surface area contributed by atoms with Crippen LogP contribution in [0.15, 0.2) is 18.2 Å². The highest BCUT2D eigenvalue weighted by atomic mass is 35.5. The van der Waals surface area contributed by atoms with E-state index in [2.05, 4.69) is 0 Å². The van der Waals surface area contributed by atoms with Crippen molar-refractivity contribution in [2.24, 2.45) is 0 Å². The van der Waals surface area contributed by atoms with Crippen LogP contribution in [0, 0.1) is 0 Å². The van der Waals surface area contributed by atoms with Gasteiger partial charge in [-0.15, -0.1) is 0 Å². The molecule has 7 heteroatoms. The molecule has 1 fully saturated rings. The largest absolute Gasteiger partial charge is 0.478 e. The number of carbonyl (C=O) groups is 1. The molecule has 0 unspecified atom stereocenters. The zero-order valence-electron chi connectivity index (χ0n) is 10.2. The van der Waals surface area contributed by atoms with Gasteiger partial charge in [-0.25, -0.2) is 13.2 Å². The molecule has 0 aromatic heterocycles. The van der Waals surface area contributed by atoms with Crippen LogP contribution in [-0.4, -0.2) is 49.0 Å². The molecule has 0 aliphatic carbocycles. The summed E-state index contributed by atoms with van der Waals surface area (Å²) in [6, 6.07) is 4.60. The number of hydrogen-bond acceptors (Lipinski definition) is 4. The fourth-order valence-electron chi connectivity index (χ4n) is 1.96. The van der Waals surface area contributed by atoms with Gasteiger partial charge in [-0.1, -0.05) is 17.7 Å². The molecular formula is C12H14ClNO4S. The summed E-state index contributed by atoms with van der Waals surface area (Å²) in [6.45, 7) is 1.51. The van der Waals surface area contributed by atoms with Gasteiger partial charge < -0.3 is 5.11 Å². The number of nitrogens with zero attached hydrogens (tertiary/aromatic N) is 1. The molecule has 5 nitrogen and oxygen atoms in total. The van der Waals surface area contributed by atoms with Crippen LogP contribution in [0.4, 0.5) is 0 Å². The molecule has 0 atom stereocenters. The highest BCUT2D eigenvalue weighted by Crippen LogP contribution is 2.20. The van der Waals surface area contributed by atoms with Crippen molar-refractivity contribution in [3.63, 3.8) is 0 Å². The molecule has 1 aromatic carbocycles. The lowest BCUT2D eigenvalue weighted by Gasteiger charge is -2.26. The number of carboxylic acids is 1. The Balaban J connectivity index is 2.06. The molecule has 1 saturated heterocycles. The first kappa shape index (κ1) is 14.3. The van der Waals surface area contributed by atoms with Crippen LogP contribution in [0.1, 0.15) is 15.9 Å². The van der Waals surface area contributed by atoms with Gasteiger partial charge in [0.05, 0.1) is 17.1 Å². The zero-order valence-corrected chi connectivity index (χ0v) is 11.7. The normalized spacial score (nSPS) is 19.2. The molecule has 1 aliphatic rings. The van der Waals surface area contributed by atoms with Gasteiger partial charge in [0, 0.05) is 24.7 Å². The molecule has 19 heavy (non-hydrogen) atoms. The molecule has 1 heterocycles. The molecule has 0 amide bonds. The van der Waals surface area contributed by atoms with Crippen LogP contribution in [0.3, 0.4) is 0 Å². The summed E-state index contributed by atoms with van der Waals surface area (Å²) >= 11 is 6.04. The van der Waals surface area contributed by atoms with Crippen molar-refractivity contribution in [1.82, 2.24) is 4.90 Å². The molecule has 0 spiro atoms. The van der Waals surface area contributed by atoms with E-state index in [1.807, 2.05) is 4.90 Å². The predicted molar refractivity (Wildman–Crippen MR) is 72.3 cm³/mol. The maximum atomic E-state index is 11.3. The lowest BCUT2D eigenvalue weighted by Crippen LogP contribution is -2.39. The van der Waals surface area contributed by atoms with E-state index in [0.717, 1.165) is 5.56 Å². The lowest BCUT2D eigenvalue weighted by molar-refractivity contribution is 0.0697. The van der Waals surface area contributed by atoms with Gasteiger partial charge in [-0.3, -0.25) is 4.90 Å². The highest BCUT2D eigenvalue weighted by molar-refractivity contribution is 7.91. The average molecular weight is 304 g/mol. The number of sulfone groups is 1. The topological polar surface area (TPSA) is 74.7 Å². The van der Waals surface area contributed by atoms with Gasteiger partial charge in [0.1, 0.15) is 0 Å². The molecule has 1 N–H and O–H groups in total. The molecule has 104 valence electrons. The summed E-state index contributed by atoms with van der Waals surface area (Å²) in [7, 11) is -2.89. The van der Waals surface area contributed by atoms with Gasteiger partial charge in [-0.2, -0.15) is 0 Å². The smallest absolute Gasteiger partial charge is 0.335 e. The second-order valence-corrected chi connectivity index (χ2v) is 7.25. The Bertz CT molecular complexity index is 586. The quantitative estimate of drug-likeness (QED) is 0.910. The second kappa shape index (κ2) is 5.48. The van der Waals surface area contributed by atoms with Crippen LogP contribution >= 0.6 is 11.6 Å². The van der Waals surface area contributed by atoms with Gasteiger partial charge in [0.25, 0.3) is 0 Å². The van der Waals surface area contributed by atoms with Gasteiger partial charge in [-0.05, 0) is 17.7 Å². The van der Waals surface area contributed by atoms with Crippen molar-refractivity contribution >= 4 is 27.4 Å². The number of benzene rings is 1. The minimum atomic E-state index is -2.89. The molecule has 1 aromatic rings. The fraction of sp³-hybridized carbons (Fsp3) is 0.417. The predicted octanol–water partition coefficient (Wildman–Crippen LogP) is 1.27. The van der Waals surface area contributed by atoms with Crippen molar-refractivity contribution in [1.29, 1.82) is 0 Å². The van der Waals surface area contributed by atoms with E-state index >= 15 is 0 Å². The average Bonchev–Trinajstić information content (AvgIpc) is 2.34. The lowest BCUT2D eigenvalue weighted by atomic mass is 10.1. The van der Waals surface area contributed by atoms with Gasteiger partial charge >= 0.3 is 5.97 Å². The number of halogens is 1. The maximum absolute atomic E-state index is 11.3. The third-order valence-corrected chi connectivity index (χ3v) is 5.09. The van der Waals surface area contributed by atoms with Crippen LogP contribution in [0.2, 0.25) is 5.02 Å². The zero-order chi connectivity index (χ0) is 14.0. The van der Waals surface area contributed by atoms with Crippen molar-refractivity contribution in [2.75, 3.05) is 24.6 Å². The van der Waals surface area contributed by atoms with E-state index in [9.17, 15) is 13.2 Å². The van der Waals surface area contributed by atoms with Crippen molar-refractivity contribution < 1.29 is 18.3 Å². The van der Waals surface area contributed by atoms with Crippen molar-refractivity contribution in [2.45, 2.75) is 6.54 Å². The number of carboxylic acid groups (broad SMARTS) is 1. The first-order valence-electron chi connectivity index (χ1n) is 5.82. The van der Waals surface area contributed by atoms with Crippen LogP contribution < -0.4 is 0 Å². The second-order valence-electron chi connectivity index (χ2n) is 4.54. The minimum absolute atomic E-state index is 0.148. The Morgan fingerprint density at radius 3 is 2.47 bits per heavy atom. The van der Waals surface area contributed by atoms with Crippen LogP contribution in [0.25, 0.3) is 0 Å². The Morgan fingerprint density at radius 2 is 1.95 bits per heavy atom. The summed E-state index contributed by atoms with van der Waals surface area (Å²) in [5.74, 6) is -0.687. The third-order valence-electron chi connectivity index (χ3n) is 3.13.